The van der Waals surface area contributed by atoms with E-state index in [0.717, 1.165) is 5.56 Å². The first-order valence-electron chi connectivity index (χ1n) is 6.56. The van der Waals surface area contributed by atoms with Crippen LogP contribution in [0.25, 0.3) is 0 Å². The van der Waals surface area contributed by atoms with Crippen LogP contribution in [0.5, 0.6) is 11.5 Å². The quantitative estimate of drug-likeness (QED) is 0.796. The highest BCUT2D eigenvalue weighted by Gasteiger charge is 2.05. The number of amides is 1. The van der Waals surface area contributed by atoms with Gasteiger partial charge in [0.1, 0.15) is 11.5 Å². The Morgan fingerprint density at radius 3 is 2.62 bits per heavy atom. The zero-order valence-electron chi connectivity index (χ0n) is 11.8. The van der Waals surface area contributed by atoms with Crippen molar-refractivity contribution in [1.29, 1.82) is 0 Å². The van der Waals surface area contributed by atoms with Crippen molar-refractivity contribution in [3.8, 4) is 11.5 Å². The Balaban J connectivity index is 1.80. The molecule has 5 heteroatoms. The largest absolute Gasteiger partial charge is 0.495 e. The van der Waals surface area contributed by atoms with Gasteiger partial charge in [0.05, 0.1) is 12.8 Å². The first-order chi connectivity index (χ1) is 10.2. The SMILES string of the molecule is COc1ccc(OCC(=O)NCc2ccccc2)cc1N. The number of ether oxygens (including phenoxy) is 2. The minimum absolute atomic E-state index is 0.0569. The number of hydrogen-bond acceptors (Lipinski definition) is 4. The molecular weight excluding hydrogens is 268 g/mol. The van der Waals surface area contributed by atoms with E-state index >= 15 is 0 Å². The first kappa shape index (κ1) is 14.7. The number of anilines is 1. The van der Waals surface area contributed by atoms with Gasteiger partial charge in [-0.1, -0.05) is 30.3 Å². The second kappa shape index (κ2) is 7.19. The summed E-state index contributed by atoms with van der Waals surface area (Å²) >= 11 is 0. The second-order valence-corrected chi connectivity index (χ2v) is 4.45. The Bertz CT molecular complexity index is 600. The summed E-state index contributed by atoms with van der Waals surface area (Å²) < 4.78 is 10.4. The van der Waals surface area contributed by atoms with Crippen LogP contribution in [0.15, 0.2) is 48.5 Å². The minimum atomic E-state index is -0.187. The lowest BCUT2D eigenvalue weighted by Crippen LogP contribution is -2.28. The maximum Gasteiger partial charge on any atom is 0.258 e. The van der Waals surface area contributed by atoms with E-state index in [-0.39, 0.29) is 12.5 Å². The van der Waals surface area contributed by atoms with Gasteiger partial charge in [-0.15, -0.1) is 0 Å². The van der Waals surface area contributed by atoms with Crippen molar-refractivity contribution in [3.63, 3.8) is 0 Å². The molecule has 0 bridgehead atoms. The summed E-state index contributed by atoms with van der Waals surface area (Å²) in [5.74, 6) is 0.923. The number of nitrogens with one attached hydrogen (secondary N) is 1. The molecule has 2 rings (SSSR count). The van der Waals surface area contributed by atoms with E-state index in [1.165, 1.54) is 0 Å². The fourth-order valence-electron chi connectivity index (χ4n) is 1.80. The van der Waals surface area contributed by atoms with Gasteiger partial charge in [-0.25, -0.2) is 0 Å². The summed E-state index contributed by atoms with van der Waals surface area (Å²) in [6.07, 6.45) is 0. The number of carbonyl (C=O) groups is 1. The highest BCUT2D eigenvalue weighted by atomic mass is 16.5. The molecule has 0 radical (unpaired) electrons. The first-order valence-corrected chi connectivity index (χ1v) is 6.56. The molecule has 5 nitrogen and oxygen atoms in total. The van der Waals surface area contributed by atoms with Crippen LogP contribution in [0.3, 0.4) is 0 Å². The maximum absolute atomic E-state index is 11.7. The van der Waals surface area contributed by atoms with Crippen LogP contribution in [0.1, 0.15) is 5.56 Å². The maximum atomic E-state index is 11.7. The zero-order valence-corrected chi connectivity index (χ0v) is 11.8. The van der Waals surface area contributed by atoms with Gasteiger partial charge >= 0.3 is 0 Å². The highest BCUT2D eigenvalue weighted by Crippen LogP contribution is 2.25. The Kier molecular flexibility index (Phi) is 5.04. The molecule has 0 atom stereocenters. The van der Waals surface area contributed by atoms with Gasteiger partial charge in [-0.3, -0.25) is 4.79 Å². The summed E-state index contributed by atoms with van der Waals surface area (Å²) in [6.45, 7) is 0.423. The molecule has 0 saturated heterocycles. The Morgan fingerprint density at radius 1 is 1.19 bits per heavy atom. The molecule has 3 N–H and O–H groups in total. The van der Waals surface area contributed by atoms with Crippen molar-refractivity contribution < 1.29 is 14.3 Å². The number of nitrogen functional groups attached to an aromatic ring is 1. The average molecular weight is 286 g/mol. The molecule has 2 aromatic rings. The predicted molar refractivity (Wildman–Crippen MR) is 81.2 cm³/mol. The van der Waals surface area contributed by atoms with E-state index in [2.05, 4.69) is 5.32 Å². The lowest BCUT2D eigenvalue weighted by Gasteiger charge is -2.09. The smallest absolute Gasteiger partial charge is 0.258 e. The summed E-state index contributed by atoms with van der Waals surface area (Å²) in [6, 6.07) is 14.7. The number of methoxy groups -OCH3 is 1. The predicted octanol–water partition coefficient (Wildman–Crippen LogP) is 1.97. The lowest BCUT2D eigenvalue weighted by molar-refractivity contribution is -0.123. The third-order valence-electron chi connectivity index (χ3n) is 2.90. The second-order valence-electron chi connectivity index (χ2n) is 4.45. The summed E-state index contributed by atoms with van der Waals surface area (Å²) in [5, 5.41) is 2.79. The summed E-state index contributed by atoms with van der Waals surface area (Å²) in [7, 11) is 1.54. The van der Waals surface area contributed by atoms with Crippen LogP contribution >= 0.6 is 0 Å². The van der Waals surface area contributed by atoms with E-state index in [4.69, 9.17) is 15.2 Å². The zero-order chi connectivity index (χ0) is 15.1. The summed E-state index contributed by atoms with van der Waals surface area (Å²) in [5.41, 5.74) is 7.28. The number of carbonyl (C=O) groups excluding carboxylic acids is 1. The normalized spacial score (nSPS) is 9.95. The van der Waals surface area contributed by atoms with Crippen LogP contribution in [-0.4, -0.2) is 19.6 Å². The fraction of sp³-hybridized carbons (Fsp3) is 0.188. The number of hydrogen-bond donors (Lipinski definition) is 2. The van der Waals surface area contributed by atoms with Crippen LogP contribution in [-0.2, 0) is 11.3 Å². The van der Waals surface area contributed by atoms with E-state index in [0.29, 0.717) is 23.7 Å². The Labute approximate surface area is 123 Å². The number of benzene rings is 2. The minimum Gasteiger partial charge on any atom is -0.495 e. The summed E-state index contributed by atoms with van der Waals surface area (Å²) in [4.78, 5) is 11.7. The van der Waals surface area contributed by atoms with Gasteiger partial charge in [0.15, 0.2) is 6.61 Å². The molecule has 0 aliphatic carbocycles. The molecule has 0 spiro atoms. The van der Waals surface area contributed by atoms with E-state index in [1.54, 1.807) is 25.3 Å². The molecule has 21 heavy (non-hydrogen) atoms. The van der Waals surface area contributed by atoms with Crippen molar-refractivity contribution in [2.45, 2.75) is 6.54 Å². The Morgan fingerprint density at radius 2 is 1.95 bits per heavy atom. The van der Waals surface area contributed by atoms with Crippen LogP contribution in [0.4, 0.5) is 5.69 Å². The standard InChI is InChI=1S/C16H18N2O3/c1-20-15-8-7-13(9-14(15)17)21-11-16(19)18-10-12-5-3-2-4-6-12/h2-9H,10-11,17H2,1H3,(H,18,19). The molecule has 0 fully saturated rings. The molecule has 0 heterocycles. The van der Waals surface area contributed by atoms with Crippen molar-refractivity contribution >= 4 is 11.6 Å². The number of rotatable bonds is 6. The lowest BCUT2D eigenvalue weighted by atomic mass is 10.2. The third-order valence-corrected chi connectivity index (χ3v) is 2.90. The Hall–Kier alpha value is -2.69. The topological polar surface area (TPSA) is 73.6 Å². The van der Waals surface area contributed by atoms with E-state index in [9.17, 15) is 4.79 Å². The highest BCUT2D eigenvalue weighted by molar-refractivity contribution is 5.77. The third kappa shape index (κ3) is 4.42. The molecule has 110 valence electrons. The average Bonchev–Trinajstić information content (AvgIpc) is 2.52. The molecular formula is C16H18N2O3. The van der Waals surface area contributed by atoms with Crippen molar-refractivity contribution in [1.82, 2.24) is 5.32 Å². The molecule has 0 aliphatic heterocycles. The van der Waals surface area contributed by atoms with Crippen LogP contribution in [0, 0.1) is 0 Å². The van der Waals surface area contributed by atoms with Gasteiger partial charge < -0.3 is 20.5 Å². The van der Waals surface area contributed by atoms with E-state index < -0.39 is 0 Å². The fourth-order valence-corrected chi connectivity index (χ4v) is 1.80. The van der Waals surface area contributed by atoms with Crippen molar-refractivity contribution in [2.75, 3.05) is 19.5 Å². The van der Waals surface area contributed by atoms with Crippen molar-refractivity contribution in [2.24, 2.45) is 0 Å². The van der Waals surface area contributed by atoms with Gasteiger partial charge in [-0.2, -0.15) is 0 Å². The van der Waals surface area contributed by atoms with Gasteiger partial charge in [0.25, 0.3) is 5.91 Å². The van der Waals surface area contributed by atoms with E-state index in [1.807, 2.05) is 30.3 Å². The number of nitrogens with two attached hydrogens (primary N) is 1. The van der Waals surface area contributed by atoms with Crippen LogP contribution < -0.4 is 20.5 Å². The molecule has 0 saturated carbocycles. The monoisotopic (exact) mass is 286 g/mol. The van der Waals surface area contributed by atoms with Gasteiger partial charge in [-0.05, 0) is 17.7 Å². The molecule has 0 unspecified atom stereocenters. The molecule has 2 aromatic carbocycles. The van der Waals surface area contributed by atoms with Gasteiger partial charge in [0.2, 0.25) is 0 Å². The van der Waals surface area contributed by atoms with Gasteiger partial charge in [0, 0.05) is 12.6 Å². The molecule has 1 amide bonds. The van der Waals surface area contributed by atoms with Crippen molar-refractivity contribution in [3.05, 3.63) is 54.1 Å². The molecule has 0 aromatic heterocycles. The molecule has 0 aliphatic rings. The van der Waals surface area contributed by atoms with Crippen LogP contribution in [0.2, 0.25) is 0 Å².